The van der Waals surface area contributed by atoms with Crippen LogP contribution in [0, 0.1) is 6.92 Å². The molecule has 0 spiro atoms. The molecule has 4 rings (SSSR count). The molecule has 7 nitrogen and oxygen atoms in total. The van der Waals surface area contributed by atoms with Gasteiger partial charge in [-0.2, -0.15) is 5.10 Å². The number of carbonyl (C=O) groups is 2. The Labute approximate surface area is 165 Å². The number of carbonyl (C=O) groups excluding carboxylic acids is 2. The van der Waals surface area contributed by atoms with Crippen LogP contribution in [0.25, 0.3) is 0 Å². The van der Waals surface area contributed by atoms with Gasteiger partial charge in [0.2, 0.25) is 0 Å². The highest BCUT2D eigenvalue weighted by Gasteiger charge is 2.31. The second kappa shape index (κ2) is 7.66. The first kappa shape index (κ1) is 18.5. The van der Waals surface area contributed by atoms with Crippen molar-refractivity contribution in [2.75, 3.05) is 25.0 Å². The zero-order valence-electron chi connectivity index (χ0n) is 16.6. The highest BCUT2D eigenvalue weighted by molar-refractivity contribution is 5.95. The molecule has 0 bridgehead atoms. The number of hydrogen-bond donors (Lipinski definition) is 1. The van der Waals surface area contributed by atoms with Crippen molar-refractivity contribution >= 4 is 17.6 Å². The predicted octanol–water partition coefficient (Wildman–Crippen LogP) is 2.94. The minimum absolute atomic E-state index is 0.00232. The Kier molecular flexibility index (Phi) is 5.07. The van der Waals surface area contributed by atoms with Gasteiger partial charge in [-0.25, -0.2) is 4.79 Å². The van der Waals surface area contributed by atoms with Crippen LogP contribution >= 0.6 is 0 Å². The molecular formula is C21H27N5O2. The zero-order chi connectivity index (χ0) is 19.7. The number of likely N-dealkylation sites (tertiary alicyclic amines) is 1. The SMILES string of the molecule is Cc1cccc(NC(=O)N2CCc3c(c(C(=O)N4CCCCC4)nn3C)C2)c1. The van der Waals surface area contributed by atoms with Gasteiger partial charge in [-0.3, -0.25) is 9.48 Å². The lowest BCUT2D eigenvalue weighted by Gasteiger charge is -2.29. The van der Waals surface area contributed by atoms with Crippen LogP contribution in [-0.2, 0) is 20.0 Å². The first-order chi connectivity index (χ1) is 13.5. The van der Waals surface area contributed by atoms with Gasteiger partial charge in [-0.15, -0.1) is 0 Å². The van der Waals surface area contributed by atoms with Crippen molar-refractivity contribution in [1.29, 1.82) is 0 Å². The van der Waals surface area contributed by atoms with Crippen LogP contribution < -0.4 is 5.32 Å². The van der Waals surface area contributed by atoms with Crippen molar-refractivity contribution in [3.63, 3.8) is 0 Å². The average molecular weight is 381 g/mol. The second-order valence-corrected chi connectivity index (χ2v) is 7.72. The minimum Gasteiger partial charge on any atom is -0.337 e. The van der Waals surface area contributed by atoms with Crippen LogP contribution in [0.15, 0.2) is 24.3 Å². The quantitative estimate of drug-likeness (QED) is 0.869. The van der Waals surface area contributed by atoms with Gasteiger partial charge in [0.1, 0.15) is 0 Å². The van der Waals surface area contributed by atoms with Gasteiger partial charge in [0, 0.05) is 50.0 Å². The number of aryl methyl sites for hydroxylation is 2. The van der Waals surface area contributed by atoms with Crippen molar-refractivity contribution in [2.24, 2.45) is 7.05 Å². The number of nitrogens with one attached hydrogen (secondary N) is 1. The monoisotopic (exact) mass is 381 g/mol. The number of benzene rings is 1. The van der Waals surface area contributed by atoms with Crippen LogP contribution in [0.5, 0.6) is 0 Å². The fourth-order valence-corrected chi connectivity index (χ4v) is 4.11. The summed E-state index contributed by atoms with van der Waals surface area (Å²) < 4.78 is 1.81. The molecule has 0 atom stereocenters. The molecule has 2 aliphatic rings. The van der Waals surface area contributed by atoms with Crippen molar-refractivity contribution in [2.45, 2.75) is 39.2 Å². The topological polar surface area (TPSA) is 70.5 Å². The number of piperidine rings is 1. The lowest BCUT2D eigenvalue weighted by atomic mass is 10.0. The molecule has 0 unspecified atom stereocenters. The predicted molar refractivity (Wildman–Crippen MR) is 107 cm³/mol. The molecule has 2 aromatic rings. The fourth-order valence-electron chi connectivity index (χ4n) is 4.11. The van der Waals surface area contributed by atoms with Gasteiger partial charge in [0.05, 0.1) is 6.54 Å². The molecule has 0 radical (unpaired) electrons. The number of urea groups is 1. The molecule has 0 saturated carbocycles. The van der Waals surface area contributed by atoms with E-state index in [1.54, 1.807) is 4.90 Å². The van der Waals surface area contributed by atoms with E-state index in [4.69, 9.17) is 0 Å². The smallest absolute Gasteiger partial charge is 0.322 e. The maximum absolute atomic E-state index is 13.0. The molecule has 1 aromatic heterocycles. The summed E-state index contributed by atoms with van der Waals surface area (Å²) in [4.78, 5) is 29.5. The molecule has 1 N–H and O–H groups in total. The average Bonchev–Trinajstić information content (AvgIpc) is 3.04. The maximum atomic E-state index is 13.0. The maximum Gasteiger partial charge on any atom is 0.322 e. The molecule has 0 aliphatic carbocycles. The normalized spacial score (nSPS) is 16.6. The Morgan fingerprint density at radius 2 is 1.86 bits per heavy atom. The van der Waals surface area contributed by atoms with E-state index in [0.717, 1.165) is 48.4 Å². The fraction of sp³-hybridized carbons (Fsp3) is 0.476. The lowest BCUT2D eigenvalue weighted by molar-refractivity contribution is 0.0715. The molecule has 28 heavy (non-hydrogen) atoms. The molecule has 1 fully saturated rings. The highest BCUT2D eigenvalue weighted by Crippen LogP contribution is 2.25. The number of fused-ring (bicyclic) bond motifs is 1. The van der Waals surface area contributed by atoms with E-state index >= 15 is 0 Å². The Balaban J connectivity index is 1.52. The number of rotatable bonds is 2. The number of hydrogen-bond acceptors (Lipinski definition) is 3. The zero-order valence-corrected chi connectivity index (χ0v) is 16.6. The third-order valence-electron chi connectivity index (χ3n) is 5.64. The molecule has 1 aromatic carbocycles. The Bertz CT molecular complexity index is 898. The Morgan fingerprint density at radius 3 is 2.61 bits per heavy atom. The summed E-state index contributed by atoms with van der Waals surface area (Å²) in [5.74, 6) is -0.00232. The first-order valence-corrected chi connectivity index (χ1v) is 9.99. The summed E-state index contributed by atoms with van der Waals surface area (Å²) in [6, 6.07) is 7.61. The number of anilines is 1. The van der Waals surface area contributed by atoms with Gasteiger partial charge in [-0.1, -0.05) is 12.1 Å². The molecule has 3 heterocycles. The third kappa shape index (κ3) is 3.61. The molecule has 2 aliphatic heterocycles. The summed E-state index contributed by atoms with van der Waals surface area (Å²) in [5, 5.41) is 7.49. The van der Waals surface area contributed by atoms with E-state index in [-0.39, 0.29) is 11.9 Å². The van der Waals surface area contributed by atoms with Crippen LogP contribution in [-0.4, -0.2) is 51.2 Å². The summed E-state index contributed by atoms with van der Waals surface area (Å²) in [5.41, 5.74) is 4.34. The van der Waals surface area contributed by atoms with E-state index in [0.29, 0.717) is 25.2 Å². The molecule has 1 saturated heterocycles. The van der Waals surface area contributed by atoms with Crippen LogP contribution in [0.4, 0.5) is 10.5 Å². The molecular weight excluding hydrogens is 354 g/mol. The van der Waals surface area contributed by atoms with Crippen molar-refractivity contribution in [3.05, 3.63) is 46.8 Å². The van der Waals surface area contributed by atoms with Gasteiger partial charge in [0.25, 0.3) is 5.91 Å². The van der Waals surface area contributed by atoms with Gasteiger partial charge >= 0.3 is 6.03 Å². The van der Waals surface area contributed by atoms with Gasteiger partial charge in [0.15, 0.2) is 5.69 Å². The highest BCUT2D eigenvalue weighted by atomic mass is 16.2. The summed E-state index contributed by atoms with van der Waals surface area (Å²) >= 11 is 0. The van der Waals surface area contributed by atoms with Gasteiger partial charge < -0.3 is 15.1 Å². The summed E-state index contributed by atoms with van der Waals surface area (Å²) in [7, 11) is 1.88. The van der Waals surface area contributed by atoms with Crippen molar-refractivity contribution in [1.82, 2.24) is 19.6 Å². The lowest BCUT2D eigenvalue weighted by Crippen LogP contribution is -2.40. The van der Waals surface area contributed by atoms with E-state index in [1.807, 2.05) is 47.8 Å². The Morgan fingerprint density at radius 1 is 1.07 bits per heavy atom. The molecule has 3 amide bonds. The van der Waals surface area contributed by atoms with Gasteiger partial charge in [-0.05, 0) is 43.9 Å². The summed E-state index contributed by atoms with van der Waals surface area (Å²) in [6.45, 7) is 4.61. The molecule has 148 valence electrons. The van der Waals surface area contributed by atoms with E-state index in [1.165, 1.54) is 6.42 Å². The summed E-state index contributed by atoms with van der Waals surface area (Å²) in [6.07, 6.45) is 3.97. The first-order valence-electron chi connectivity index (χ1n) is 9.99. The minimum atomic E-state index is -0.142. The third-order valence-corrected chi connectivity index (χ3v) is 5.64. The van der Waals surface area contributed by atoms with E-state index < -0.39 is 0 Å². The van der Waals surface area contributed by atoms with Crippen LogP contribution in [0.2, 0.25) is 0 Å². The van der Waals surface area contributed by atoms with Crippen LogP contribution in [0.3, 0.4) is 0 Å². The standard InChI is InChI=1S/C21H27N5O2/c1-15-7-6-8-16(13-15)22-21(28)26-12-9-18-17(14-26)19(23-24(18)2)20(27)25-10-4-3-5-11-25/h6-8,13H,3-5,9-12,14H2,1-2H3,(H,22,28). The largest absolute Gasteiger partial charge is 0.337 e. The Hall–Kier alpha value is -2.83. The number of nitrogens with zero attached hydrogens (tertiary/aromatic N) is 4. The van der Waals surface area contributed by atoms with Crippen molar-refractivity contribution < 1.29 is 9.59 Å². The van der Waals surface area contributed by atoms with Crippen LogP contribution in [0.1, 0.15) is 46.6 Å². The molecule has 7 heteroatoms. The van der Waals surface area contributed by atoms with E-state index in [2.05, 4.69) is 10.4 Å². The second-order valence-electron chi connectivity index (χ2n) is 7.72. The van der Waals surface area contributed by atoms with Crippen molar-refractivity contribution in [3.8, 4) is 0 Å². The van der Waals surface area contributed by atoms with E-state index in [9.17, 15) is 9.59 Å². The number of aromatic nitrogens is 2. The number of amides is 3.